The maximum Gasteiger partial charge on any atom is 0.258 e. The van der Waals surface area contributed by atoms with Crippen molar-refractivity contribution in [3.05, 3.63) is 11.3 Å². The number of rotatable bonds is 5. The quantitative estimate of drug-likeness (QED) is 0.774. The Morgan fingerprint density at radius 2 is 2.29 bits per heavy atom. The van der Waals surface area contributed by atoms with E-state index >= 15 is 0 Å². The van der Waals surface area contributed by atoms with Crippen molar-refractivity contribution in [2.45, 2.75) is 26.4 Å². The number of hydrogen-bond acceptors (Lipinski definition) is 4. The number of carbonyl (C=O) groups is 1. The van der Waals surface area contributed by atoms with Crippen molar-refractivity contribution in [3.63, 3.8) is 0 Å². The maximum atomic E-state index is 11.9. The first-order valence-corrected chi connectivity index (χ1v) is 5.51. The highest BCUT2D eigenvalue weighted by molar-refractivity contribution is 5.97. The van der Waals surface area contributed by atoms with Gasteiger partial charge >= 0.3 is 0 Å². The number of aliphatic hydroxyl groups is 1. The number of amides is 1. The summed E-state index contributed by atoms with van der Waals surface area (Å²) in [4.78, 5) is 11.9. The zero-order valence-corrected chi connectivity index (χ0v) is 10.6. The average molecular weight is 241 g/mol. The second kappa shape index (κ2) is 5.67. The summed E-state index contributed by atoms with van der Waals surface area (Å²) in [6, 6.07) is 0. The molecule has 0 aliphatic heterocycles. The fourth-order valence-electron chi connectivity index (χ4n) is 1.62. The van der Waals surface area contributed by atoms with Crippen molar-refractivity contribution in [1.29, 1.82) is 0 Å². The molecule has 1 aromatic rings. The molecule has 17 heavy (non-hydrogen) atoms. The van der Waals surface area contributed by atoms with E-state index in [1.54, 1.807) is 20.9 Å². The number of aromatic nitrogens is 2. The minimum absolute atomic E-state index is 0.229. The van der Waals surface area contributed by atoms with Crippen LogP contribution < -0.4 is 10.1 Å². The van der Waals surface area contributed by atoms with Gasteiger partial charge in [0.25, 0.3) is 5.91 Å². The van der Waals surface area contributed by atoms with Crippen LogP contribution in [0.1, 0.15) is 29.4 Å². The lowest BCUT2D eigenvalue weighted by molar-refractivity contribution is 0.0941. The van der Waals surface area contributed by atoms with Crippen molar-refractivity contribution < 1.29 is 14.6 Å². The third-order valence-electron chi connectivity index (χ3n) is 2.44. The molecular weight excluding hydrogens is 222 g/mol. The van der Waals surface area contributed by atoms with Crippen molar-refractivity contribution in [2.75, 3.05) is 13.7 Å². The summed E-state index contributed by atoms with van der Waals surface area (Å²) in [7, 11) is 3.22. The molecule has 1 amide bonds. The first kappa shape index (κ1) is 13.5. The van der Waals surface area contributed by atoms with Crippen LogP contribution in [0.2, 0.25) is 0 Å². The van der Waals surface area contributed by atoms with Gasteiger partial charge in [-0.15, -0.1) is 0 Å². The van der Waals surface area contributed by atoms with E-state index in [0.717, 1.165) is 0 Å². The first-order valence-electron chi connectivity index (χ1n) is 5.51. The van der Waals surface area contributed by atoms with Crippen LogP contribution in [0.4, 0.5) is 0 Å². The van der Waals surface area contributed by atoms with Gasteiger partial charge in [0.1, 0.15) is 5.56 Å². The summed E-state index contributed by atoms with van der Waals surface area (Å²) in [6.07, 6.45) is 0.0973. The maximum absolute atomic E-state index is 11.9. The Labute approximate surface area is 101 Å². The van der Waals surface area contributed by atoms with Crippen molar-refractivity contribution in [2.24, 2.45) is 7.05 Å². The molecule has 0 aliphatic carbocycles. The molecule has 0 aliphatic rings. The number of ether oxygens (including phenoxy) is 1. The topological polar surface area (TPSA) is 76.4 Å². The van der Waals surface area contributed by atoms with Gasteiger partial charge in [0, 0.05) is 13.6 Å². The van der Waals surface area contributed by atoms with Crippen LogP contribution in [0.5, 0.6) is 5.88 Å². The predicted octanol–water partition coefficient (Wildman–Crippen LogP) is 0.238. The van der Waals surface area contributed by atoms with Crippen molar-refractivity contribution >= 4 is 5.91 Å². The monoisotopic (exact) mass is 241 g/mol. The number of nitrogens with zero attached hydrogens (tertiary/aromatic N) is 2. The van der Waals surface area contributed by atoms with E-state index in [4.69, 9.17) is 9.84 Å². The molecule has 0 spiro atoms. The lowest BCUT2D eigenvalue weighted by Crippen LogP contribution is -2.27. The van der Waals surface area contributed by atoms with Gasteiger partial charge in [-0.3, -0.25) is 4.79 Å². The number of carbonyl (C=O) groups excluding carboxylic acids is 1. The van der Waals surface area contributed by atoms with E-state index in [1.165, 1.54) is 11.8 Å². The normalized spacial score (nSPS) is 12.3. The van der Waals surface area contributed by atoms with Crippen LogP contribution in [-0.2, 0) is 7.05 Å². The molecule has 0 saturated carbocycles. The molecule has 1 heterocycles. The lowest BCUT2D eigenvalue weighted by Gasteiger charge is -2.07. The van der Waals surface area contributed by atoms with Gasteiger partial charge in [-0.25, -0.2) is 4.68 Å². The highest BCUT2D eigenvalue weighted by Crippen LogP contribution is 2.20. The molecule has 2 N–H and O–H groups in total. The minimum atomic E-state index is -0.424. The smallest absolute Gasteiger partial charge is 0.258 e. The number of aliphatic hydroxyl groups excluding tert-OH is 1. The van der Waals surface area contributed by atoms with Gasteiger partial charge in [-0.2, -0.15) is 5.10 Å². The van der Waals surface area contributed by atoms with Crippen LogP contribution in [-0.4, -0.2) is 40.6 Å². The molecule has 0 saturated heterocycles. The Morgan fingerprint density at radius 1 is 1.65 bits per heavy atom. The van der Waals surface area contributed by atoms with Crippen LogP contribution in [0.15, 0.2) is 0 Å². The van der Waals surface area contributed by atoms with Gasteiger partial charge in [-0.1, -0.05) is 0 Å². The number of methoxy groups -OCH3 is 1. The Morgan fingerprint density at radius 3 is 2.82 bits per heavy atom. The van der Waals surface area contributed by atoms with E-state index in [1.807, 2.05) is 0 Å². The van der Waals surface area contributed by atoms with E-state index in [2.05, 4.69) is 10.4 Å². The van der Waals surface area contributed by atoms with E-state index < -0.39 is 6.10 Å². The number of aryl methyl sites for hydroxylation is 2. The van der Waals surface area contributed by atoms with Gasteiger partial charge < -0.3 is 15.2 Å². The summed E-state index contributed by atoms with van der Waals surface area (Å²) in [5.41, 5.74) is 1.07. The Balaban J connectivity index is 2.75. The molecule has 1 atom stereocenters. The van der Waals surface area contributed by atoms with E-state index in [-0.39, 0.29) is 5.91 Å². The summed E-state index contributed by atoms with van der Waals surface area (Å²) < 4.78 is 6.66. The van der Waals surface area contributed by atoms with E-state index in [9.17, 15) is 4.79 Å². The molecular formula is C11H19N3O3. The lowest BCUT2D eigenvalue weighted by atomic mass is 10.2. The largest absolute Gasteiger partial charge is 0.481 e. The highest BCUT2D eigenvalue weighted by atomic mass is 16.5. The minimum Gasteiger partial charge on any atom is -0.481 e. The fraction of sp³-hybridized carbons (Fsp3) is 0.636. The fourth-order valence-corrected chi connectivity index (χ4v) is 1.62. The van der Waals surface area contributed by atoms with Gasteiger partial charge in [0.2, 0.25) is 5.88 Å². The van der Waals surface area contributed by atoms with Gasteiger partial charge in [-0.05, 0) is 20.3 Å². The molecule has 1 aromatic heterocycles. The summed E-state index contributed by atoms with van der Waals surface area (Å²) in [5.74, 6) is 0.213. The first-order chi connectivity index (χ1) is 7.97. The van der Waals surface area contributed by atoms with Crippen molar-refractivity contribution in [3.8, 4) is 5.88 Å². The molecule has 0 aromatic carbocycles. The third-order valence-corrected chi connectivity index (χ3v) is 2.44. The Hall–Kier alpha value is -1.56. The van der Waals surface area contributed by atoms with Gasteiger partial charge in [0.15, 0.2) is 0 Å². The third kappa shape index (κ3) is 3.20. The average Bonchev–Trinajstić information content (AvgIpc) is 2.52. The second-order valence-electron chi connectivity index (χ2n) is 3.99. The SMILES string of the molecule is COc1c(C(=O)NCCC(C)O)c(C)nn1C. The van der Waals surface area contributed by atoms with Crippen LogP contribution in [0.3, 0.4) is 0 Å². The second-order valence-corrected chi connectivity index (χ2v) is 3.99. The molecule has 96 valence electrons. The molecule has 0 bridgehead atoms. The Kier molecular flexibility index (Phi) is 4.51. The zero-order chi connectivity index (χ0) is 13.0. The summed E-state index contributed by atoms with van der Waals surface area (Å²) in [5, 5.41) is 16.0. The van der Waals surface area contributed by atoms with E-state index in [0.29, 0.717) is 30.1 Å². The highest BCUT2D eigenvalue weighted by Gasteiger charge is 2.20. The zero-order valence-electron chi connectivity index (χ0n) is 10.6. The van der Waals surface area contributed by atoms with Crippen molar-refractivity contribution in [1.82, 2.24) is 15.1 Å². The Bertz CT molecular complexity index is 399. The summed E-state index contributed by atoms with van der Waals surface area (Å²) >= 11 is 0. The molecule has 0 radical (unpaired) electrons. The molecule has 6 heteroatoms. The molecule has 6 nitrogen and oxygen atoms in total. The van der Waals surface area contributed by atoms with Crippen LogP contribution >= 0.6 is 0 Å². The molecule has 1 unspecified atom stereocenters. The van der Waals surface area contributed by atoms with Crippen LogP contribution in [0, 0.1) is 6.92 Å². The van der Waals surface area contributed by atoms with Crippen LogP contribution in [0.25, 0.3) is 0 Å². The number of nitrogens with one attached hydrogen (secondary N) is 1. The molecule has 0 fully saturated rings. The molecule has 1 rings (SSSR count). The standard InChI is InChI=1S/C11H19N3O3/c1-7(15)5-6-12-10(16)9-8(2)13-14(3)11(9)17-4/h7,15H,5-6H2,1-4H3,(H,12,16). The van der Waals surface area contributed by atoms with Gasteiger partial charge in [0.05, 0.1) is 18.9 Å². The summed E-state index contributed by atoms with van der Waals surface area (Å²) in [6.45, 7) is 3.86. The number of hydrogen-bond donors (Lipinski definition) is 2. The predicted molar refractivity (Wildman–Crippen MR) is 63.1 cm³/mol.